The minimum Gasteiger partial charge on any atom is -0.461 e. The molecule has 0 aliphatic rings. The summed E-state index contributed by atoms with van der Waals surface area (Å²) in [6.07, 6.45) is 0.798. The Bertz CT molecular complexity index is 1150. The Morgan fingerprint density at radius 2 is 2.03 bits per heavy atom. The number of thioether (sulfide) groups is 1. The van der Waals surface area contributed by atoms with Gasteiger partial charge in [-0.3, -0.25) is 4.79 Å². The average Bonchev–Trinajstić information content (AvgIpc) is 3.50. The van der Waals surface area contributed by atoms with E-state index in [0.29, 0.717) is 12.3 Å². The summed E-state index contributed by atoms with van der Waals surface area (Å²) in [6, 6.07) is 12.0. The van der Waals surface area contributed by atoms with E-state index in [0.717, 1.165) is 51.1 Å². The van der Waals surface area contributed by atoms with E-state index in [2.05, 4.69) is 34.7 Å². The van der Waals surface area contributed by atoms with Crippen LogP contribution in [0.2, 0.25) is 0 Å². The predicted molar refractivity (Wildman–Crippen MR) is 122 cm³/mol. The number of amides is 1. The normalized spacial score (nSPS) is 11.3. The molecule has 0 radical (unpaired) electrons. The van der Waals surface area contributed by atoms with Crippen molar-refractivity contribution in [1.82, 2.24) is 19.7 Å². The zero-order chi connectivity index (χ0) is 21.1. The van der Waals surface area contributed by atoms with Crippen LogP contribution in [-0.2, 0) is 24.3 Å². The maximum atomic E-state index is 12.8. The third kappa shape index (κ3) is 4.02. The van der Waals surface area contributed by atoms with Crippen molar-refractivity contribution < 1.29 is 9.21 Å². The van der Waals surface area contributed by atoms with E-state index in [1.165, 1.54) is 11.8 Å². The fraction of sp³-hybridized carbons (Fsp3) is 0.318. The van der Waals surface area contributed by atoms with Crippen LogP contribution in [0.3, 0.4) is 0 Å². The van der Waals surface area contributed by atoms with Gasteiger partial charge in [-0.2, -0.15) is 0 Å². The van der Waals surface area contributed by atoms with E-state index >= 15 is 0 Å². The molecule has 0 N–H and O–H groups in total. The third-order valence-corrected chi connectivity index (χ3v) is 6.84. The van der Waals surface area contributed by atoms with Gasteiger partial charge in [-0.25, -0.2) is 0 Å². The summed E-state index contributed by atoms with van der Waals surface area (Å²) < 4.78 is 8.02. The molecule has 4 rings (SSSR count). The van der Waals surface area contributed by atoms with Crippen LogP contribution < -0.4 is 0 Å². The number of nitrogens with zero attached hydrogens (tertiary/aromatic N) is 4. The number of thiophene rings is 1. The van der Waals surface area contributed by atoms with Gasteiger partial charge in [-0.05, 0) is 24.4 Å². The SMILES string of the molecule is CCc1oc2ccccc2c1CN(C)C(=O)CSc1nnc(-c2cccs2)n1CC. The molecule has 1 amide bonds. The summed E-state index contributed by atoms with van der Waals surface area (Å²) in [5.41, 5.74) is 1.96. The van der Waals surface area contributed by atoms with Gasteiger partial charge < -0.3 is 13.9 Å². The average molecular weight is 441 g/mol. The largest absolute Gasteiger partial charge is 0.461 e. The van der Waals surface area contributed by atoms with Gasteiger partial charge in [0.1, 0.15) is 11.3 Å². The highest BCUT2D eigenvalue weighted by Gasteiger charge is 2.19. The van der Waals surface area contributed by atoms with Crippen molar-refractivity contribution in [2.24, 2.45) is 0 Å². The molecule has 3 heterocycles. The number of aryl methyl sites for hydroxylation is 1. The van der Waals surface area contributed by atoms with Crippen LogP contribution in [0.4, 0.5) is 0 Å². The minimum atomic E-state index is 0.0515. The Hall–Kier alpha value is -2.58. The second-order valence-electron chi connectivity index (χ2n) is 6.92. The number of para-hydroxylation sites is 1. The van der Waals surface area contributed by atoms with Crippen molar-refractivity contribution in [2.75, 3.05) is 12.8 Å². The number of furan rings is 1. The lowest BCUT2D eigenvalue weighted by molar-refractivity contribution is -0.127. The molecular formula is C22H24N4O2S2. The molecule has 4 aromatic rings. The third-order valence-electron chi connectivity index (χ3n) is 5.02. The Morgan fingerprint density at radius 3 is 2.77 bits per heavy atom. The number of benzene rings is 1. The molecule has 6 nitrogen and oxygen atoms in total. The predicted octanol–water partition coefficient (Wildman–Crippen LogP) is 5.09. The number of hydrogen-bond acceptors (Lipinski definition) is 6. The maximum absolute atomic E-state index is 12.8. The van der Waals surface area contributed by atoms with E-state index in [9.17, 15) is 4.79 Å². The number of rotatable bonds is 8. The first-order valence-electron chi connectivity index (χ1n) is 9.95. The minimum absolute atomic E-state index is 0.0515. The van der Waals surface area contributed by atoms with Gasteiger partial charge >= 0.3 is 0 Å². The maximum Gasteiger partial charge on any atom is 0.233 e. The second-order valence-corrected chi connectivity index (χ2v) is 8.81. The van der Waals surface area contributed by atoms with Gasteiger partial charge in [-0.1, -0.05) is 43.0 Å². The molecule has 0 unspecified atom stereocenters. The number of carbonyl (C=O) groups excluding carboxylic acids is 1. The zero-order valence-corrected chi connectivity index (χ0v) is 18.9. The Kier molecular flexibility index (Phi) is 6.24. The molecule has 0 saturated heterocycles. The number of carbonyl (C=O) groups is 1. The molecule has 0 saturated carbocycles. The Balaban J connectivity index is 1.45. The molecule has 0 spiro atoms. The van der Waals surface area contributed by atoms with Crippen LogP contribution in [0.25, 0.3) is 21.7 Å². The van der Waals surface area contributed by atoms with E-state index in [1.54, 1.807) is 16.2 Å². The van der Waals surface area contributed by atoms with Crippen LogP contribution in [0.5, 0.6) is 0 Å². The first kappa shape index (κ1) is 20.7. The van der Waals surface area contributed by atoms with E-state index in [1.807, 2.05) is 42.8 Å². The first-order valence-corrected chi connectivity index (χ1v) is 11.8. The Labute approximate surface area is 183 Å². The van der Waals surface area contributed by atoms with Gasteiger partial charge in [0.05, 0.1) is 10.6 Å². The van der Waals surface area contributed by atoms with Gasteiger partial charge in [0.25, 0.3) is 0 Å². The highest BCUT2D eigenvalue weighted by Crippen LogP contribution is 2.29. The molecule has 0 aliphatic heterocycles. The van der Waals surface area contributed by atoms with Crippen molar-refractivity contribution in [3.05, 3.63) is 53.1 Å². The molecule has 30 heavy (non-hydrogen) atoms. The van der Waals surface area contributed by atoms with Crippen LogP contribution >= 0.6 is 23.1 Å². The van der Waals surface area contributed by atoms with Gasteiger partial charge in [-0.15, -0.1) is 21.5 Å². The summed E-state index contributed by atoms with van der Waals surface area (Å²) in [7, 11) is 1.84. The van der Waals surface area contributed by atoms with E-state index in [4.69, 9.17) is 4.42 Å². The monoisotopic (exact) mass is 440 g/mol. The van der Waals surface area contributed by atoms with E-state index in [-0.39, 0.29) is 5.91 Å². The molecule has 3 aromatic heterocycles. The fourth-order valence-corrected chi connectivity index (χ4v) is 5.10. The molecular weight excluding hydrogens is 416 g/mol. The molecule has 0 fully saturated rings. The molecule has 0 bridgehead atoms. The van der Waals surface area contributed by atoms with Crippen molar-refractivity contribution in [3.63, 3.8) is 0 Å². The topological polar surface area (TPSA) is 64.2 Å². The van der Waals surface area contributed by atoms with Crippen LogP contribution in [-0.4, -0.2) is 38.4 Å². The summed E-state index contributed by atoms with van der Waals surface area (Å²) in [5.74, 6) is 2.16. The molecule has 0 aliphatic carbocycles. The summed E-state index contributed by atoms with van der Waals surface area (Å²) >= 11 is 3.07. The summed E-state index contributed by atoms with van der Waals surface area (Å²) in [4.78, 5) is 15.7. The highest BCUT2D eigenvalue weighted by molar-refractivity contribution is 7.99. The number of aromatic nitrogens is 3. The van der Waals surface area contributed by atoms with Crippen molar-refractivity contribution in [3.8, 4) is 10.7 Å². The fourth-order valence-electron chi connectivity index (χ4n) is 3.44. The van der Waals surface area contributed by atoms with Crippen molar-refractivity contribution in [1.29, 1.82) is 0 Å². The quantitative estimate of drug-likeness (QED) is 0.357. The van der Waals surface area contributed by atoms with Gasteiger partial charge in [0, 0.05) is 37.5 Å². The van der Waals surface area contributed by atoms with Crippen molar-refractivity contribution >= 4 is 40.0 Å². The summed E-state index contributed by atoms with van der Waals surface area (Å²) in [6.45, 7) is 5.42. The molecule has 1 aromatic carbocycles. The lowest BCUT2D eigenvalue weighted by Gasteiger charge is -2.17. The standard InChI is InChI=1S/C22H24N4O2S2/c1-4-17-16(15-9-6-7-10-18(15)28-17)13-25(3)20(27)14-30-22-24-23-21(26(22)5-2)19-11-8-12-29-19/h6-12H,4-5,13-14H2,1-3H3. The molecule has 156 valence electrons. The smallest absolute Gasteiger partial charge is 0.233 e. The molecule has 8 heteroatoms. The van der Waals surface area contributed by atoms with Crippen LogP contribution in [0, 0.1) is 0 Å². The van der Waals surface area contributed by atoms with Gasteiger partial charge in [0.15, 0.2) is 11.0 Å². The first-order chi connectivity index (χ1) is 14.6. The second kappa shape index (κ2) is 9.06. The van der Waals surface area contributed by atoms with Gasteiger partial charge in [0.2, 0.25) is 5.91 Å². The van der Waals surface area contributed by atoms with Crippen LogP contribution in [0.15, 0.2) is 51.4 Å². The van der Waals surface area contributed by atoms with Crippen molar-refractivity contribution in [2.45, 2.75) is 38.5 Å². The number of fused-ring (bicyclic) bond motifs is 1. The zero-order valence-electron chi connectivity index (χ0n) is 17.3. The number of hydrogen-bond donors (Lipinski definition) is 0. The lowest BCUT2D eigenvalue weighted by atomic mass is 10.1. The van der Waals surface area contributed by atoms with E-state index < -0.39 is 0 Å². The lowest BCUT2D eigenvalue weighted by Crippen LogP contribution is -2.28. The Morgan fingerprint density at radius 1 is 1.20 bits per heavy atom. The summed E-state index contributed by atoms with van der Waals surface area (Å²) in [5, 5.41) is 12.5. The molecule has 0 atom stereocenters. The van der Waals surface area contributed by atoms with Crippen LogP contribution in [0.1, 0.15) is 25.2 Å². The highest BCUT2D eigenvalue weighted by atomic mass is 32.2.